The third-order valence-electron chi connectivity index (χ3n) is 3.67. The number of piperazine rings is 1. The summed E-state index contributed by atoms with van der Waals surface area (Å²) in [5.74, 6) is 0.518. The summed E-state index contributed by atoms with van der Waals surface area (Å²) in [6.07, 6.45) is 0. The Morgan fingerprint density at radius 1 is 1.24 bits per heavy atom. The molecule has 1 aliphatic rings. The van der Waals surface area contributed by atoms with Crippen molar-refractivity contribution in [1.82, 2.24) is 20.4 Å². The first-order valence-corrected chi connectivity index (χ1v) is 7.89. The number of rotatable bonds is 7. The van der Waals surface area contributed by atoms with E-state index < -0.39 is 0 Å². The third kappa shape index (κ3) is 7.64. The minimum atomic E-state index is -0.114. The van der Waals surface area contributed by atoms with Gasteiger partial charge in [0.15, 0.2) is 0 Å². The molecule has 1 heterocycles. The van der Waals surface area contributed by atoms with Gasteiger partial charge in [-0.15, -0.1) is 0 Å². The topological polar surface area (TPSA) is 56.8 Å². The van der Waals surface area contributed by atoms with Crippen LogP contribution in [0.5, 0.6) is 0 Å². The molecular weight excluding hydrogens is 268 g/mol. The van der Waals surface area contributed by atoms with Gasteiger partial charge in [0.2, 0.25) is 0 Å². The number of carbonyl (C=O) groups excluding carboxylic acids is 1. The van der Waals surface area contributed by atoms with Crippen molar-refractivity contribution in [2.45, 2.75) is 32.9 Å². The highest BCUT2D eigenvalue weighted by atomic mass is 16.5. The lowest BCUT2D eigenvalue weighted by Gasteiger charge is -2.37. The quantitative estimate of drug-likeness (QED) is 0.723. The van der Waals surface area contributed by atoms with Gasteiger partial charge in [-0.2, -0.15) is 0 Å². The Morgan fingerprint density at radius 2 is 1.95 bits per heavy atom. The second kappa shape index (κ2) is 9.23. The number of hydrogen-bond acceptors (Lipinski definition) is 4. The van der Waals surface area contributed by atoms with Crippen molar-refractivity contribution in [2.24, 2.45) is 5.92 Å². The second-order valence-corrected chi connectivity index (χ2v) is 6.58. The van der Waals surface area contributed by atoms with Crippen LogP contribution in [0.25, 0.3) is 0 Å². The van der Waals surface area contributed by atoms with Crippen LogP contribution in [-0.2, 0) is 4.74 Å². The molecule has 21 heavy (non-hydrogen) atoms. The number of carbonyl (C=O) groups is 1. The molecule has 0 aromatic rings. The highest BCUT2D eigenvalue weighted by Crippen LogP contribution is 2.04. The fourth-order valence-corrected chi connectivity index (χ4v) is 2.33. The number of urea groups is 1. The lowest BCUT2D eigenvalue weighted by molar-refractivity contribution is 0.0945. The van der Waals surface area contributed by atoms with Crippen LogP contribution < -0.4 is 10.6 Å². The fraction of sp³-hybridized carbons (Fsp3) is 0.933. The average Bonchev–Trinajstić information content (AvgIpc) is 2.39. The lowest BCUT2D eigenvalue weighted by atomic mass is 10.2. The first-order chi connectivity index (χ1) is 9.88. The van der Waals surface area contributed by atoms with Crippen molar-refractivity contribution < 1.29 is 9.53 Å². The van der Waals surface area contributed by atoms with Gasteiger partial charge < -0.3 is 20.3 Å². The Morgan fingerprint density at radius 3 is 2.62 bits per heavy atom. The Labute approximate surface area is 129 Å². The van der Waals surface area contributed by atoms with E-state index in [0.29, 0.717) is 25.1 Å². The molecule has 1 rings (SSSR count). The van der Waals surface area contributed by atoms with Crippen molar-refractivity contribution in [2.75, 3.05) is 53.5 Å². The predicted octanol–water partition coefficient (Wildman–Crippen LogP) is 0.593. The summed E-state index contributed by atoms with van der Waals surface area (Å²) < 4.78 is 5.53. The Bertz CT molecular complexity index is 312. The highest BCUT2D eigenvalue weighted by molar-refractivity contribution is 5.74. The van der Waals surface area contributed by atoms with E-state index in [9.17, 15) is 4.79 Å². The van der Waals surface area contributed by atoms with Gasteiger partial charge in [-0.3, -0.25) is 4.90 Å². The Balaban J connectivity index is 2.18. The van der Waals surface area contributed by atoms with Crippen LogP contribution in [-0.4, -0.2) is 81.4 Å². The molecule has 0 aromatic heterocycles. The van der Waals surface area contributed by atoms with Gasteiger partial charge in [-0.1, -0.05) is 13.8 Å². The van der Waals surface area contributed by atoms with Gasteiger partial charge in [0.1, 0.15) is 0 Å². The van der Waals surface area contributed by atoms with E-state index in [4.69, 9.17) is 4.74 Å². The van der Waals surface area contributed by atoms with Gasteiger partial charge in [-0.25, -0.2) is 4.79 Å². The molecule has 6 heteroatoms. The van der Waals surface area contributed by atoms with E-state index in [1.807, 2.05) is 6.92 Å². The first-order valence-electron chi connectivity index (χ1n) is 7.89. The van der Waals surface area contributed by atoms with Crippen LogP contribution in [0.1, 0.15) is 20.8 Å². The number of amides is 2. The average molecular weight is 300 g/mol. The zero-order chi connectivity index (χ0) is 15.8. The van der Waals surface area contributed by atoms with Gasteiger partial charge in [-0.05, 0) is 26.9 Å². The van der Waals surface area contributed by atoms with Crippen LogP contribution in [0.15, 0.2) is 0 Å². The molecule has 1 fully saturated rings. The maximum atomic E-state index is 11.9. The summed E-state index contributed by atoms with van der Waals surface area (Å²) in [6, 6.07) is 0.287. The molecular formula is C15H32N4O2. The fourth-order valence-electron chi connectivity index (χ4n) is 2.33. The molecule has 1 saturated heterocycles. The van der Waals surface area contributed by atoms with Gasteiger partial charge in [0.25, 0.3) is 0 Å². The van der Waals surface area contributed by atoms with Crippen molar-refractivity contribution in [3.05, 3.63) is 0 Å². The van der Waals surface area contributed by atoms with E-state index in [1.54, 1.807) is 0 Å². The molecule has 6 nitrogen and oxygen atoms in total. The molecule has 2 atom stereocenters. The van der Waals surface area contributed by atoms with Gasteiger partial charge >= 0.3 is 6.03 Å². The number of hydrogen-bond donors (Lipinski definition) is 2. The number of nitrogens with zero attached hydrogens (tertiary/aromatic N) is 2. The van der Waals surface area contributed by atoms with Gasteiger partial charge in [0.05, 0.1) is 12.6 Å². The largest absolute Gasteiger partial charge is 0.379 e. The molecule has 0 aromatic carbocycles. The highest BCUT2D eigenvalue weighted by Gasteiger charge is 2.22. The first kappa shape index (κ1) is 18.2. The number of ether oxygens (including phenoxy) is 1. The van der Waals surface area contributed by atoms with Crippen molar-refractivity contribution >= 4 is 6.03 Å². The summed E-state index contributed by atoms with van der Waals surface area (Å²) >= 11 is 0. The van der Waals surface area contributed by atoms with E-state index in [2.05, 4.69) is 48.4 Å². The number of likely N-dealkylation sites (N-methyl/N-ethyl adjacent to an activating group) is 2. The van der Waals surface area contributed by atoms with Crippen LogP contribution in [0.4, 0.5) is 4.79 Å². The van der Waals surface area contributed by atoms with E-state index in [1.165, 1.54) is 0 Å². The van der Waals surface area contributed by atoms with Crippen LogP contribution in [0, 0.1) is 5.92 Å². The molecule has 1 aliphatic heterocycles. The maximum Gasteiger partial charge on any atom is 0.315 e. The molecule has 0 unspecified atom stereocenters. The molecule has 2 amide bonds. The molecule has 0 aliphatic carbocycles. The normalized spacial score (nSPS) is 22.3. The molecule has 0 saturated carbocycles. The van der Waals surface area contributed by atoms with Crippen LogP contribution in [0.3, 0.4) is 0 Å². The smallest absolute Gasteiger partial charge is 0.315 e. The summed E-state index contributed by atoms with van der Waals surface area (Å²) in [6.45, 7) is 11.3. The monoisotopic (exact) mass is 300 g/mol. The summed E-state index contributed by atoms with van der Waals surface area (Å²) in [5.41, 5.74) is 0. The zero-order valence-corrected chi connectivity index (χ0v) is 14.2. The zero-order valence-electron chi connectivity index (χ0n) is 14.2. The van der Waals surface area contributed by atoms with Crippen LogP contribution >= 0.6 is 0 Å². The minimum absolute atomic E-state index is 0.0236. The minimum Gasteiger partial charge on any atom is -0.379 e. The third-order valence-corrected chi connectivity index (χ3v) is 3.67. The SMILES string of the molecule is CC(C)COC[C@H](C)NC(=O)NC[C@H]1CN(C)CCN1C. The van der Waals surface area contributed by atoms with Crippen molar-refractivity contribution in [3.8, 4) is 0 Å². The maximum absolute atomic E-state index is 11.9. The van der Waals surface area contributed by atoms with Crippen molar-refractivity contribution in [1.29, 1.82) is 0 Å². The molecule has 0 bridgehead atoms. The van der Waals surface area contributed by atoms with Gasteiger partial charge in [0, 0.05) is 38.8 Å². The molecule has 0 radical (unpaired) electrons. The standard InChI is InChI=1S/C15H32N4O2/c1-12(2)10-21-11-13(3)17-15(20)16-8-14-9-18(4)6-7-19(14)5/h12-14H,6-11H2,1-5H3,(H2,16,17,20)/t13-,14-/m0/s1. The van der Waals surface area contributed by atoms with E-state index >= 15 is 0 Å². The van der Waals surface area contributed by atoms with Crippen LogP contribution in [0.2, 0.25) is 0 Å². The molecule has 0 spiro atoms. The summed E-state index contributed by atoms with van der Waals surface area (Å²) in [5, 5.41) is 5.87. The van der Waals surface area contributed by atoms with E-state index in [0.717, 1.165) is 26.2 Å². The predicted molar refractivity (Wildman–Crippen MR) is 85.6 cm³/mol. The molecule has 124 valence electrons. The lowest BCUT2D eigenvalue weighted by Crippen LogP contribution is -2.55. The number of nitrogens with one attached hydrogen (secondary N) is 2. The molecule has 2 N–H and O–H groups in total. The summed E-state index contributed by atoms with van der Waals surface area (Å²) in [4.78, 5) is 16.5. The Kier molecular flexibility index (Phi) is 8.00. The van der Waals surface area contributed by atoms with Crippen molar-refractivity contribution in [3.63, 3.8) is 0 Å². The second-order valence-electron chi connectivity index (χ2n) is 6.58. The Hall–Kier alpha value is -0.850. The summed E-state index contributed by atoms with van der Waals surface area (Å²) in [7, 11) is 4.23. The van der Waals surface area contributed by atoms with E-state index in [-0.39, 0.29) is 12.1 Å².